The minimum Gasteiger partial charge on any atom is -0.251 e. The molecule has 0 fully saturated rings. The molecular weight excluding hydrogens is 307 g/mol. The molecule has 0 heterocycles. The molecular formula is C20H17FOS. The molecule has 0 aromatic heterocycles. The van der Waals surface area contributed by atoms with Crippen LogP contribution in [0.4, 0.5) is 4.39 Å². The summed E-state index contributed by atoms with van der Waals surface area (Å²) < 4.78 is 29.0. The van der Waals surface area contributed by atoms with Gasteiger partial charge in [-0.05, 0) is 17.7 Å². The Hall–Kier alpha value is -2.26. The first kappa shape index (κ1) is 15.6. The number of halogens is 1. The summed E-state index contributed by atoms with van der Waals surface area (Å²) in [5, 5.41) is -1.97. The van der Waals surface area contributed by atoms with Crippen molar-refractivity contribution in [2.24, 2.45) is 0 Å². The van der Waals surface area contributed by atoms with Gasteiger partial charge in [0, 0.05) is 16.9 Å². The molecule has 0 saturated carbocycles. The molecule has 0 N–H and O–H groups in total. The van der Waals surface area contributed by atoms with E-state index in [1.807, 2.05) is 42.5 Å². The van der Waals surface area contributed by atoms with Gasteiger partial charge >= 0.3 is 0 Å². The second kappa shape index (κ2) is 6.88. The molecule has 0 saturated heterocycles. The lowest BCUT2D eigenvalue weighted by molar-refractivity contribution is 0.282. The maximum Gasteiger partial charge on any atom is 0.218 e. The fraction of sp³-hybridized carbons (Fsp3) is 0.100. The Labute approximate surface area is 138 Å². The first-order chi connectivity index (χ1) is 11.2. The van der Waals surface area contributed by atoms with Crippen LogP contribution in [0.25, 0.3) is 0 Å². The molecule has 0 radical (unpaired) electrons. The summed E-state index contributed by atoms with van der Waals surface area (Å²) >= 11 is 0. The zero-order valence-corrected chi connectivity index (χ0v) is 13.4. The maximum absolute atomic E-state index is 16.0. The second-order valence-electron chi connectivity index (χ2n) is 5.34. The fourth-order valence-corrected chi connectivity index (χ4v) is 3.98. The summed E-state index contributed by atoms with van der Waals surface area (Å²) in [6.07, 6.45) is 0.0688. The molecule has 0 amide bonds. The Balaban J connectivity index is 2.05. The zero-order valence-electron chi connectivity index (χ0n) is 12.6. The van der Waals surface area contributed by atoms with Gasteiger partial charge in [-0.3, -0.25) is 4.21 Å². The van der Waals surface area contributed by atoms with Gasteiger partial charge in [0.1, 0.15) is 0 Å². The minimum atomic E-state index is -1.97. The number of alkyl halides is 1. The van der Waals surface area contributed by atoms with Crippen molar-refractivity contribution in [3.63, 3.8) is 0 Å². The average Bonchev–Trinajstić information content (AvgIpc) is 2.63. The lowest BCUT2D eigenvalue weighted by Gasteiger charge is -2.25. The van der Waals surface area contributed by atoms with E-state index in [9.17, 15) is 4.21 Å². The van der Waals surface area contributed by atoms with E-state index in [4.69, 9.17) is 0 Å². The molecule has 2 atom stereocenters. The number of hydrogen-bond acceptors (Lipinski definition) is 1. The quantitative estimate of drug-likeness (QED) is 0.655. The fourth-order valence-electron chi connectivity index (χ4n) is 2.55. The van der Waals surface area contributed by atoms with E-state index < -0.39 is 15.8 Å². The van der Waals surface area contributed by atoms with Gasteiger partial charge in [-0.1, -0.05) is 78.9 Å². The highest BCUT2D eigenvalue weighted by atomic mass is 32.2. The normalized spacial score (nSPS) is 14.8. The van der Waals surface area contributed by atoms with Gasteiger partial charge in [-0.25, -0.2) is 4.39 Å². The van der Waals surface area contributed by atoms with E-state index in [1.54, 1.807) is 48.5 Å². The first-order valence-electron chi connectivity index (χ1n) is 7.45. The average molecular weight is 324 g/mol. The van der Waals surface area contributed by atoms with Crippen LogP contribution in [-0.2, 0) is 22.2 Å². The highest BCUT2D eigenvalue weighted by Gasteiger charge is 2.40. The van der Waals surface area contributed by atoms with Gasteiger partial charge in [0.2, 0.25) is 5.00 Å². The van der Waals surface area contributed by atoms with Crippen molar-refractivity contribution < 1.29 is 8.60 Å². The van der Waals surface area contributed by atoms with Crippen LogP contribution in [0.5, 0.6) is 0 Å². The van der Waals surface area contributed by atoms with Crippen molar-refractivity contribution in [2.75, 3.05) is 0 Å². The molecule has 23 heavy (non-hydrogen) atoms. The van der Waals surface area contributed by atoms with Gasteiger partial charge in [-0.15, -0.1) is 0 Å². The van der Waals surface area contributed by atoms with Crippen LogP contribution in [0.1, 0.15) is 11.1 Å². The number of hydrogen-bond donors (Lipinski definition) is 0. The highest BCUT2D eigenvalue weighted by molar-refractivity contribution is 7.86. The summed E-state index contributed by atoms with van der Waals surface area (Å²) in [4.78, 5) is 0.495. The van der Waals surface area contributed by atoms with Crippen LogP contribution in [0.2, 0.25) is 0 Å². The highest BCUT2D eigenvalue weighted by Crippen LogP contribution is 2.37. The summed E-state index contributed by atoms with van der Waals surface area (Å²) in [6, 6.07) is 26.9. The van der Waals surface area contributed by atoms with E-state index >= 15 is 4.39 Å². The van der Waals surface area contributed by atoms with Crippen LogP contribution in [0.15, 0.2) is 95.9 Å². The minimum absolute atomic E-state index is 0.0688. The molecule has 3 aromatic rings. The topological polar surface area (TPSA) is 17.1 Å². The lowest BCUT2D eigenvalue weighted by atomic mass is 10.0. The molecule has 2 unspecified atom stereocenters. The van der Waals surface area contributed by atoms with Crippen molar-refractivity contribution in [3.05, 3.63) is 102 Å². The number of rotatable bonds is 5. The third-order valence-electron chi connectivity index (χ3n) is 3.73. The lowest BCUT2D eigenvalue weighted by Crippen LogP contribution is -2.29. The Morgan fingerprint density at radius 3 is 1.78 bits per heavy atom. The summed E-state index contributed by atoms with van der Waals surface area (Å²) in [6.45, 7) is 0. The molecule has 3 aromatic carbocycles. The van der Waals surface area contributed by atoms with Crippen molar-refractivity contribution in [3.8, 4) is 0 Å². The molecule has 0 aliphatic heterocycles. The third-order valence-corrected chi connectivity index (χ3v) is 5.40. The third kappa shape index (κ3) is 3.40. The second-order valence-corrected chi connectivity index (χ2v) is 6.99. The van der Waals surface area contributed by atoms with Crippen LogP contribution < -0.4 is 0 Å². The summed E-state index contributed by atoms with van der Waals surface area (Å²) in [5.74, 6) is 0. The van der Waals surface area contributed by atoms with Crippen molar-refractivity contribution in [2.45, 2.75) is 16.3 Å². The molecule has 0 aliphatic carbocycles. The van der Waals surface area contributed by atoms with Gasteiger partial charge in [0.15, 0.2) is 0 Å². The molecule has 0 aliphatic rings. The summed E-state index contributed by atoms with van der Waals surface area (Å²) in [7, 11) is -1.80. The van der Waals surface area contributed by atoms with Gasteiger partial charge in [-0.2, -0.15) is 0 Å². The molecule has 3 rings (SSSR count). The van der Waals surface area contributed by atoms with E-state index in [0.717, 1.165) is 5.56 Å². The molecule has 3 heteroatoms. The van der Waals surface area contributed by atoms with Crippen LogP contribution in [-0.4, -0.2) is 4.21 Å². The van der Waals surface area contributed by atoms with Gasteiger partial charge < -0.3 is 0 Å². The van der Waals surface area contributed by atoms with Crippen LogP contribution in [0, 0.1) is 0 Å². The standard InChI is InChI=1S/C20H17FOS/c21-20(18-12-6-2-7-13-18,16-17-10-4-1-5-11-17)23(22)19-14-8-3-9-15-19/h1-15H,16H2. The maximum atomic E-state index is 16.0. The SMILES string of the molecule is O=S(c1ccccc1)C(F)(Cc1ccccc1)c1ccccc1. The summed E-state index contributed by atoms with van der Waals surface area (Å²) in [5.41, 5.74) is 1.26. The van der Waals surface area contributed by atoms with Crippen molar-refractivity contribution in [1.29, 1.82) is 0 Å². The van der Waals surface area contributed by atoms with E-state index in [1.165, 1.54) is 0 Å². The molecule has 0 spiro atoms. The van der Waals surface area contributed by atoms with E-state index in [2.05, 4.69) is 0 Å². The Kier molecular flexibility index (Phi) is 4.68. The monoisotopic (exact) mass is 324 g/mol. The largest absolute Gasteiger partial charge is 0.251 e. The molecule has 0 bridgehead atoms. The first-order valence-corrected chi connectivity index (χ1v) is 8.60. The van der Waals surface area contributed by atoms with E-state index in [-0.39, 0.29) is 6.42 Å². The molecule has 116 valence electrons. The van der Waals surface area contributed by atoms with Crippen LogP contribution in [0.3, 0.4) is 0 Å². The van der Waals surface area contributed by atoms with Gasteiger partial charge in [0.25, 0.3) is 0 Å². The smallest absolute Gasteiger partial charge is 0.218 e. The zero-order chi connectivity index (χ0) is 16.1. The Bertz CT molecular complexity index is 775. The Morgan fingerprint density at radius 2 is 1.22 bits per heavy atom. The van der Waals surface area contributed by atoms with Crippen molar-refractivity contribution >= 4 is 10.8 Å². The predicted octanol–water partition coefficient (Wildman–Crippen LogP) is 4.86. The Morgan fingerprint density at radius 1 is 0.739 bits per heavy atom. The van der Waals surface area contributed by atoms with E-state index in [0.29, 0.717) is 10.5 Å². The van der Waals surface area contributed by atoms with Crippen molar-refractivity contribution in [1.82, 2.24) is 0 Å². The van der Waals surface area contributed by atoms with Crippen LogP contribution >= 0.6 is 0 Å². The van der Waals surface area contributed by atoms with Gasteiger partial charge in [0.05, 0.1) is 10.8 Å². The molecule has 1 nitrogen and oxygen atoms in total. The predicted molar refractivity (Wildman–Crippen MR) is 92.2 cm³/mol. The number of benzene rings is 3.